The van der Waals surface area contributed by atoms with Crippen molar-refractivity contribution >= 4 is 38.9 Å². The van der Waals surface area contributed by atoms with Crippen molar-refractivity contribution in [1.82, 2.24) is 0 Å². The van der Waals surface area contributed by atoms with Crippen LogP contribution >= 0.6 is 15.9 Å². The van der Waals surface area contributed by atoms with Crippen LogP contribution in [0.1, 0.15) is 0 Å². The zero-order chi connectivity index (χ0) is 16.8. The van der Waals surface area contributed by atoms with E-state index in [0.717, 1.165) is 4.47 Å². The molecule has 2 aromatic carbocycles. The molecule has 0 spiro atoms. The molecule has 120 valence electrons. The maximum Gasteiger partial charge on any atom is 0.311 e. The van der Waals surface area contributed by atoms with E-state index in [9.17, 15) is 14.9 Å². The van der Waals surface area contributed by atoms with Gasteiger partial charge in [0.05, 0.1) is 18.6 Å². The molecule has 0 saturated heterocycles. The first-order valence-electron chi connectivity index (χ1n) is 6.61. The number of benzene rings is 2. The summed E-state index contributed by atoms with van der Waals surface area (Å²) in [6, 6.07) is 11.5. The van der Waals surface area contributed by atoms with Gasteiger partial charge in [0.25, 0.3) is 0 Å². The van der Waals surface area contributed by atoms with Gasteiger partial charge in [-0.2, -0.15) is 0 Å². The third kappa shape index (κ3) is 4.68. The molecule has 0 aromatic heterocycles. The van der Waals surface area contributed by atoms with Crippen LogP contribution in [0.2, 0.25) is 0 Å². The van der Waals surface area contributed by atoms with E-state index in [0.29, 0.717) is 11.4 Å². The molecule has 0 saturated carbocycles. The van der Waals surface area contributed by atoms with Gasteiger partial charge in [0.15, 0.2) is 5.75 Å². The zero-order valence-corrected chi connectivity index (χ0v) is 13.8. The van der Waals surface area contributed by atoms with Gasteiger partial charge in [-0.1, -0.05) is 15.9 Å². The molecular weight excluding hydrogens is 366 g/mol. The van der Waals surface area contributed by atoms with E-state index in [1.165, 1.54) is 25.3 Å². The number of rotatable bonds is 6. The smallest absolute Gasteiger partial charge is 0.311 e. The van der Waals surface area contributed by atoms with Crippen molar-refractivity contribution in [1.29, 1.82) is 0 Å². The summed E-state index contributed by atoms with van der Waals surface area (Å²) in [5, 5.41) is 16.5. The van der Waals surface area contributed by atoms with Crippen molar-refractivity contribution in [2.24, 2.45) is 0 Å². The summed E-state index contributed by atoms with van der Waals surface area (Å²) in [4.78, 5) is 22.2. The molecule has 23 heavy (non-hydrogen) atoms. The molecule has 1 amide bonds. The highest BCUT2D eigenvalue weighted by atomic mass is 79.9. The fourth-order valence-corrected chi connectivity index (χ4v) is 2.12. The molecule has 0 aliphatic rings. The summed E-state index contributed by atoms with van der Waals surface area (Å²) >= 11 is 3.32. The number of nitro benzene ring substituents is 1. The van der Waals surface area contributed by atoms with Gasteiger partial charge in [-0.15, -0.1) is 0 Å². The van der Waals surface area contributed by atoms with Gasteiger partial charge in [0.2, 0.25) is 5.91 Å². The van der Waals surface area contributed by atoms with Crippen LogP contribution in [-0.4, -0.2) is 24.5 Å². The first kappa shape index (κ1) is 16.8. The molecule has 2 rings (SSSR count). The Bertz CT molecular complexity index is 719. The Kier molecular flexibility index (Phi) is 5.53. The minimum atomic E-state index is -0.525. The second-order valence-corrected chi connectivity index (χ2v) is 5.47. The van der Waals surface area contributed by atoms with Gasteiger partial charge in [-0.25, -0.2) is 0 Å². The van der Waals surface area contributed by atoms with Crippen molar-refractivity contribution in [3.05, 3.63) is 57.1 Å². The summed E-state index contributed by atoms with van der Waals surface area (Å²) in [7, 11) is 1.35. The Morgan fingerprint density at radius 3 is 2.48 bits per heavy atom. The number of ether oxygens (including phenoxy) is 1. The molecule has 0 unspecified atom stereocenters. The Hall–Kier alpha value is -2.61. The molecule has 2 aromatic rings. The van der Waals surface area contributed by atoms with E-state index in [2.05, 4.69) is 26.6 Å². The lowest BCUT2D eigenvalue weighted by Crippen LogP contribution is -2.21. The highest BCUT2D eigenvalue weighted by Gasteiger charge is 2.14. The topological polar surface area (TPSA) is 93.5 Å². The molecule has 0 bridgehead atoms. The number of carbonyl (C=O) groups excluding carboxylic acids is 1. The lowest BCUT2D eigenvalue weighted by atomic mass is 10.2. The summed E-state index contributed by atoms with van der Waals surface area (Å²) < 4.78 is 5.90. The highest BCUT2D eigenvalue weighted by Crippen LogP contribution is 2.29. The third-order valence-electron chi connectivity index (χ3n) is 2.96. The number of halogens is 1. The fraction of sp³-hybridized carbons (Fsp3) is 0.133. The van der Waals surface area contributed by atoms with Gasteiger partial charge in [0.1, 0.15) is 0 Å². The first-order valence-corrected chi connectivity index (χ1v) is 7.40. The normalized spacial score (nSPS) is 10.0. The summed E-state index contributed by atoms with van der Waals surface area (Å²) in [6.45, 7) is 0.0248. The number of amides is 1. The number of methoxy groups -OCH3 is 1. The number of anilines is 2. The second kappa shape index (κ2) is 7.59. The van der Waals surface area contributed by atoms with Crippen LogP contribution in [-0.2, 0) is 4.79 Å². The number of hydrogen-bond acceptors (Lipinski definition) is 5. The number of nitrogens with zero attached hydrogens (tertiary/aromatic N) is 1. The average Bonchev–Trinajstić information content (AvgIpc) is 2.54. The summed E-state index contributed by atoms with van der Waals surface area (Å²) in [5.74, 6) is -0.0991. The van der Waals surface area contributed by atoms with Crippen LogP contribution in [0.25, 0.3) is 0 Å². The standard InChI is InChI=1S/C15H14BrN3O4/c1-23-14-8-12(6-7-13(14)19(21)22)17-9-15(20)18-11-4-2-10(16)3-5-11/h2-8,17H,9H2,1H3,(H,18,20). The van der Waals surface area contributed by atoms with Crippen LogP contribution in [0, 0.1) is 10.1 Å². The predicted molar refractivity (Wildman–Crippen MR) is 90.9 cm³/mol. The predicted octanol–water partition coefficient (Wildman–Crippen LogP) is 3.42. The zero-order valence-electron chi connectivity index (χ0n) is 12.2. The number of hydrogen-bond donors (Lipinski definition) is 2. The average molecular weight is 380 g/mol. The van der Waals surface area contributed by atoms with E-state index < -0.39 is 4.92 Å². The van der Waals surface area contributed by atoms with Crippen molar-refractivity contribution < 1.29 is 14.5 Å². The van der Waals surface area contributed by atoms with E-state index in [4.69, 9.17) is 4.74 Å². The van der Waals surface area contributed by atoms with E-state index in [-0.39, 0.29) is 23.9 Å². The van der Waals surface area contributed by atoms with Crippen molar-refractivity contribution in [2.45, 2.75) is 0 Å². The molecule has 2 N–H and O–H groups in total. The third-order valence-corrected chi connectivity index (χ3v) is 3.49. The molecule has 0 radical (unpaired) electrons. The van der Waals surface area contributed by atoms with Crippen LogP contribution in [0.5, 0.6) is 5.75 Å². The molecule has 8 heteroatoms. The minimum absolute atomic E-state index is 0.0248. The largest absolute Gasteiger partial charge is 0.490 e. The quantitative estimate of drug-likeness (QED) is 0.592. The fourth-order valence-electron chi connectivity index (χ4n) is 1.86. The maximum absolute atomic E-state index is 11.9. The maximum atomic E-state index is 11.9. The highest BCUT2D eigenvalue weighted by molar-refractivity contribution is 9.10. The SMILES string of the molecule is COc1cc(NCC(=O)Nc2ccc(Br)cc2)ccc1[N+](=O)[O-]. The first-order chi connectivity index (χ1) is 11.0. The Labute approximate surface area is 140 Å². The second-order valence-electron chi connectivity index (χ2n) is 4.55. The Morgan fingerprint density at radius 2 is 1.87 bits per heavy atom. The molecule has 0 heterocycles. The lowest BCUT2D eigenvalue weighted by molar-refractivity contribution is -0.385. The number of nitro groups is 1. The molecule has 0 atom stereocenters. The minimum Gasteiger partial charge on any atom is -0.490 e. The molecular formula is C15H14BrN3O4. The van der Waals surface area contributed by atoms with Crippen LogP contribution in [0.15, 0.2) is 46.9 Å². The van der Waals surface area contributed by atoms with Crippen LogP contribution in [0.4, 0.5) is 17.1 Å². The van der Waals surface area contributed by atoms with Gasteiger partial charge in [0, 0.05) is 28.0 Å². The van der Waals surface area contributed by atoms with Crippen LogP contribution in [0.3, 0.4) is 0 Å². The van der Waals surface area contributed by atoms with E-state index in [1.54, 1.807) is 12.1 Å². The van der Waals surface area contributed by atoms with Crippen molar-refractivity contribution in [3.8, 4) is 5.75 Å². The monoisotopic (exact) mass is 379 g/mol. The van der Waals surface area contributed by atoms with Crippen LogP contribution < -0.4 is 15.4 Å². The number of carbonyl (C=O) groups is 1. The van der Waals surface area contributed by atoms with Crippen molar-refractivity contribution in [2.75, 3.05) is 24.3 Å². The molecule has 0 fully saturated rings. The molecule has 0 aliphatic heterocycles. The van der Waals surface area contributed by atoms with Gasteiger partial charge < -0.3 is 15.4 Å². The lowest BCUT2D eigenvalue weighted by Gasteiger charge is -2.09. The molecule has 0 aliphatic carbocycles. The van der Waals surface area contributed by atoms with Gasteiger partial charge in [-0.05, 0) is 30.3 Å². The van der Waals surface area contributed by atoms with Crippen molar-refractivity contribution in [3.63, 3.8) is 0 Å². The molecule has 7 nitrogen and oxygen atoms in total. The number of nitrogens with one attached hydrogen (secondary N) is 2. The Morgan fingerprint density at radius 1 is 1.22 bits per heavy atom. The van der Waals surface area contributed by atoms with E-state index >= 15 is 0 Å². The van der Waals surface area contributed by atoms with E-state index in [1.807, 2.05) is 12.1 Å². The summed E-state index contributed by atoms with van der Waals surface area (Å²) in [5.41, 5.74) is 1.11. The van der Waals surface area contributed by atoms with Gasteiger partial charge in [-0.3, -0.25) is 14.9 Å². The Balaban J connectivity index is 1.96. The van der Waals surface area contributed by atoms with Gasteiger partial charge >= 0.3 is 5.69 Å². The summed E-state index contributed by atoms with van der Waals surface area (Å²) in [6.07, 6.45) is 0.